The van der Waals surface area contributed by atoms with Crippen LogP contribution < -0.4 is 4.74 Å². The van der Waals surface area contributed by atoms with Gasteiger partial charge in [0.2, 0.25) is 0 Å². The summed E-state index contributed by atoms with van der Waals surface area (Å²) in [5.41, 5.74) is 1.83. The predicted octanol–water partition coefficient (Wildman–Crippen LogP) is 6.02. The number of aromatic nitrogens is 3. The Morgan fingerprint density at radius 3 is 2.39 bits per heavy atom. The third-order valence-electron chi connectivity index (χ3n) is 5.97. The molecule has 5 nitrogen and oxygen atoms in total. The van der Waals surface area contributed by atoms with Gasteiger partial charge in [-0.15, -0.1) is 5.56 Å². The maximum absolute atomic E-state index is 14.5. The quantitative estimate of drug-likeness (QED) is 0.192. The summed E-state index contributed by atoms with van der Waals surface area (Å²) in [5, 5.41) is 0. The first-order chi connectivity index (χ1) is 16.7. The molecule has 186 valence electrons. The third kappa shape index (κ3) is 5.97. The zero-order valence-corrected chi connectivity index (χ0v) is 24.3. The number of halogens is 3. The van der Waals surface area contributed by atoms with Gasteiger partial charge in [0.15, 0.2) is 0 Å². The number of benzene rings is 2. The fraction of sp³-hybridized carbons (Fsp3) is 0.333. The molecule has 0 saturated heterocycles. The molecule has 0 aliphatic carbocycles. The SMILES string of the molecule is COCCn1c(-c2ccc(C(C)C)cc2)nc2c(C(F)(F)F)c(Cc3[c-]nccc3)cc(OC)c21.[H-].[Sr+2]. The van der Waals surface area contributed by atoms with Crippen molar-refractivity contribution >= 4 is 56.5 Å². The largest absolute Gasteiger partial charge is 2.00 e. The van der Waals surface area contributed by atoms with Crippen molar-refractivity contribution in [3.05, 3.63) is 77.1 Å². The van der Waals surface area contributed by atoms with Crippen LogP contribution in [0, 0.1) is 6.20 Å². The topological polar surface area (TPSA) is 49.2 Å². The molecule has 0 N–H and O–H groups in total. The molecule has 0 radical (unpaired) electrons. The van der Waals surface area contributed by atoms with E-state index in [4.69, 9.17) is 9.47 Å². The predicted molar refractivity (Wildman–Crippen MR) is 135 cm³/mol. The van der Waals surface area contributed by atoms with Gasteiger partial charge in [0.1, 0.15) is 22.6 Å². The number of rotatable bonds is 8. The van der Waals surface area contributed by atoms with Crippen molar-refractivity contribution in [2.75, 3.05) is 20.8 Å². The van der Waals surface area contributed by atoms with Gasteiger partial charge in [-0.2, -0.15) is 25.3 Å². The van der Waals surface area contributed by atoms with E-state index in [1.165, 1.54) is 19.4 Å². The van der Waals surface area contributed by atoms with Crippen LogP contribution in [-0.4, -0.2) is 80.8 Å². The number of ether oxygens (including phenoxy) is 2. The van der Waals surface area contributed by atoms with Crippen LogP contribution in [0.1, 0.15) is 43.4 Å². The van der Waals surface area contributed by atoms with E-state index < -0.39 is 11.7 Å². The molecule has 36 heavy (non-hydrogen) atoms. The van der Waals surface area contributed by atoms with Gasteiger partial charge < -0.3 is 20.5 Å². The maximum Gasteiger partial charge on any atom is 2.00 e. The van der Waals surface area contributed by atoms with Crippen molar-refractivity contribution in [2.24, 2.45) is 0 Å². The summed E-state index contributed by atoms with van der Waals surface area (Å²) in [4.78, 5) is 8.49. The third-order valence-corrected chi connectivity index (χ3v) is 5.97. The molecule has 0 saturated carbocycles. The molecule has 0 fully saturated rings. The molecule has 0 amide bonds. The molecule has 0 bridgehead atoms. The summed E-state index contributed by atoms with van der Waals surface area (Å²) in [6.07, 6.45) is -0.326. The molecule has 0 atom stereocenters. The number of alkyl halides is 3. The average Bonchev–Trinajstić information content (AvgIpc) is 3.20. The van der Waals surface area contributed by atoms with Crippen LogP contribution in [0.15, 0.2) is 48.7 Å². The van der Waals surface area contributed by atoms with E-state index in [9.17, 15) is 13.2 Å². The van der Waals surface area contributed by atoms with Crippen LogP contribution in [0.3, 0.4) is 0 Å². The molecule has 0 aliphatic heterocycles. The Bertz CT molecular complexity index is 1310. The van der Waals surface area contributed by atoms with E-state index in [0.717, 1.165) is 11.1 Å². The van der Waals surface area contributed by atoms with Gasteiger partial charge in [0.25, 0.3) is 0 Å². The average molecular weight is 571 g/mol. The monoisotopic (exact) mass is 571 g/mol. The summed E-state index contributed by atoms with van der Waals surface area (Å²) in [5.74, 6) is 1.09. The number of hydrogen-bond donors (Lipinski definition) is 0. The van der Waals surface area contributed by atoms with Gasteiger partial charge in [0.05, 0.1) is 19.3 Å². The van der Waals surface area contributed by atoms with Crippen LogP contribution in [0.2, 0.25) is 0 Å². The minimum absolute atomic E-state index is 0. The van der Waals surface area contributed by atoms with E-state index in [0.29, 0.717) is 41.7 Å². The Morgan fingerprint density at radius 1 is 1.11 bits per heavy atom. The van der Waals surface area contributed by atoms with E-state index in [2.05, 4.69) is 30.0 Å². The van der Waals surface area contributed by atoms with Crippen LogP contribution in [-0.2, 0) is 23.9 Å². The summed E-state index contributed by atoms with van der Waals surface area (Å²) < 4.78 is 56.1. The summed E-state index contributed by atoms with van der Waals surface area (Å²) in [6.45, 7) is 4.80. The van der Waals surface area contributed by atoms with Crippen LogP contribution in [0.4, 0.5) is 13.2 Å². The zero-order valence-electron chi connectivity index (χ0n) is 21.8. The number of hydrogen-bond acceptors (Lipinski definition) is 4. The summed E-state index contributed by atoms with van der Waals surface area (Å²) in [6, 6.07) is 12.6. The second-order valence-corrected chi connectivity index (χ2v) is 8.62. The van der Waals surface area contributed by atoms with Gasteiger partial charge in [-0.3, -0.25) is 0 Å². The van der Waals surface area contributed by atoms with Crippen molar-refractivity contribution < 1.29 is 24.1 Å². The first kappa shape index (κ1) is 28.7. The number of imidazole rings is 1. The summed E-state index contributed by atoms with van der Waals surface area (Å²) in [7, 11) is 3.00. The molecule has 0 spiro atoms. The first-order valence-electron chi connectivity index (χ1n) is 11.3. The molecule has 4 aromatic rings. The van der Waals surface area contributed by atoms with Gasteiger partial charge in [-0.1, -0.05) is 50.5 Å². The molecule has 2 aromatic heterocycles. The Kier molecular flexibility index (Phi) is 9.62. The van der Waals surface area contributed by atoms with Gasteiger partial charge >= 0.3 is 51.7 Å². The number of nitrogens with zero attached hydrogens (tertiary/aromatic N) is 3. The van der Waals surface area contributed by atoms with E-state index in [-0.39, 0.29) is 64.4 Å². The maximum atomic E-state index is 14.5. The standard InChI is InChI=1S/C27H27F3N3O2.Sr.H/c1-17(2)19-7-9-20(10-8-19)26-32-24-23(27(28,29)30)21(14-18-6-5-11-31-16-18)15-22(35-4)25(24)33(26)12-13-34-3;;/h5-11,15,17H,12-14H2,1-4H3;;/q-1;+2;-1. The molecule has 4 rings (SSSR count). The first-order valence-corrected chi connectivity index (χ1v) is 11.3. The van der Waals surface area contributed by atoms with Crippen molar-refractivity contribution in [3.8, 4) is 17.1 Å². The molecule has 2 aromatic carbocycles. The Balaban J connectivity index is 0.00000241. The van der Waals surface area contributed by atoms with Gasteiger partial charge in [0, 0.05) is 19.2 Å². The number of methoxy groups -OCH3 is 2. The smallest absolute Gasteiger partial charge is 1.00 e. The van der Waals surface area contributed by atoms with Crippen LogP contribution >= 0.6 is 0 Å². The normalized spacial score (nSPS) is 11.7. The second kappa shape index (κ2) is 12.1. The molecule has 0 unspecified atom stereocenters. The van der Waals surface area contributed by atoms with E-state index in [1.54, 1.807) is 23.8 Å². The van der Waals surface area contributed by atoms with Gasteiger partial charge in [-0.25, -0.2) is 4.98 Å². The fourth-order valence-electron chi connectivity index (χ4n) is 4.24. The fourth-order valence-corrected chi connectivity index (χ4v) is 4.24. The van der Waals surface area contributed by atoms with Crippen LogP contribution in [0.5, 0.6) is 5.75 Å². The Morgan fingerprint density at radius 2 is 1.83 bits per heavy atom. The van der Waals surface area contributed by atoms with Gasteiger partial charge in [-0.05, 0) is 29.5 Å². The van der Waals surface area contributed by atoms with Crippen molar-refractivity contribution in [3.63, 3.8) is 0 Å². The minimum Gasteiger partial charge on any atom is -1.00 e. The minimum atomic E-state index is -4.62. The van der Waals surface area contributed by atoms with E-state index >= 15 is 0 Å². The molecular formula is C27H28F3N3O2Sr. The molecule has 2 heterocycles. The summed E-state index contributed by atoms with van der Waals surface area (Å²) >= 11 is 0. The van der Waals surface area contributed by atoms with Crippen molar-refractivity contribution in [1.29, 1.82) is 0 Å². The Labute approximate surface area is 247 Å². The number of fused-ring (bicyclic) bond motifs is 1. The molecule has 0 aliphatic rings. The zero-order chi connectivity index (χ0) is 25.2. The Hall–Kier alpha value is -1.91. The van der Waals surface area contributed by atoms with Crippen molar-refractivity contribution in [2.45, 2.75) is 38.9 Å². The number of pyridine rings is 1. The molecular weight excluding hydrogens is 543 g/mol. The molecule has 9 heteroatoms. The second-order valence-electron chi connectivity index (χ2n) is 8.62. The van der Waals surface area contributed by atoms with Crippen LogP contribution in [0.25, 0.3) is 22.4 Å². The van der Waals surface area contributed by atoms with Crippen molar-refractivity contribution in [1.82, 2.24) is 14.5 Å². The van der Waals surface area contributed by atoms with E-state index in [1.807, 2.05) is 24.3 Å².